The first-order valence-electron chi connectivity index (χ1n) is 8.12. The van der Waals surface area contributed by atoms with Gasteiger partial charge < -0.3 is 25.4 Å². The highest BCUT2D eigenvalue weighted by Crippen LogP contribution is 2.34. The van der Waals surface area contributed by atoms with Crippen LogP contribution in [-0.4, -0.2) is 48.6 Å². The molecule has 7 heteroatoms. The van der Waals surface area contributed by atoms with E-state index < -0.39 is 0 Å². The van der Waals surface area contributed by atoms with E-state index >= 15 is 0 Å². The number of rotatable bonds is 4. The first kappa shape index (κ1) is 16.6. The number of ether oxygens (including phenoxy) is 2. The molecule has 0 spiro atoms. The molecule has 1 amide bonds. The molecule has 2 atom stereocenters. The van der Waals surface area contributed by atoms with Gasteiger partial charge in [0, 0.05) is 24.7 Å². The summed E-state index contributed by atoms with van der Waals surface area (Å²) in [6, 6.07) is 3.14. The largest absolute Gasteiger partial charge is 0.489 e. The number of nitrogens with one attached hydrogen (secondary N) is 1. The Hall–Kier alpha value is -2.28. The smallest absolute Gasteiger partial charge is 0.322 e. The molecule has 0 saturated carbocycles. The highest BCUT2D eigenvalue weighted by Gasteiger charge is 2.39. The number of nitrogens with zero attached hydrogens (tertiary/aromatic N) is 1. The van der Waals surface area contributed by atoms with Gasteiger partial charge >= 0.3 is 5.97 Å². The Bertz CT molecular complexity index is 674. The molecule has 0 unspecified atom stereocenters. The molecule has 130 valence electrons. The Morgan fingerprint density at radius 1 is 1.42 bits per heavy atom. The van der Waals surface area contributed by atoms with E-state index in [4.69, 9.17) is 15.2 Å². The van der Waals surface area contributed by atoms with Crippen molar-refractivity contribution in [3.05, 3.63) is 23.3 Å². The maximum atomic E-state index is 12.7. The SMILES string of the molecule is COC(=O)[C@@H]1C[C@@H](N2Cc3cc(OC(C)C)c(N)cc3C2=O)CN1. The summed E-state index contributed by atoms with van der Waals surface area (Å²) in [6.45, 7) is 4.94. The Labute approximate surface area is 141 Å². The number of nitrogen functional groups attached to an aromatic ring is 1. The zero-order chi connectivity index (χ0) is 17.4. The lowest BCUT2D eigenvalue weighted by molar-refractivity contribution is -0.142. The number of carbonyl (C=O) groups is 2. The van der Waals surface area contributed by atoms with Crippen LogP contribution in [0.2, 0.25) is 0 Å². The first-order valence-corrected chi connectivity index (χ1v) is 8.12. The second-order valence-corrected chi connectivity index (χ2v) is 6.52. The molecule has 0 bridgehead atoms. The van der Waals surface area contributed by atoms with Gasteiger partial charge in [-0.25, -0.2) is 0 Å². The summed E-state index contributed by atoms with van der Waals surface area (Å²) >= 11 is 0. The van der Waals surface area contributed by atoms with E-state index in [2.05, 4.69) is 5.32 Å². The van der Waals surface area contributed by atoms with Crippen LogP contribution in [0.5, 0.6) is 5.75 Å². The number of benzene rings is 1. The van der Waals surface area contributed by atoms with Crippen LogP contribution < -0.4 is 15.8 Å². The molecule has 1 saturated heterocycles. The van der Waals surface area contributed by atoms with Gasteiger partial charge in [0.05, 0.1) is 18.9 Å². The third-order valence-corrected chi connectivity index (χ3v) is 4.46. The molecular formula is C17H23N3O4. The van der Waals surface area contributed by atoms with E-state index in [-0.39, 0.29) is 30.1 Å². The summed E-state index contributed by atoms with van der Waals surface area (Å²) < 4.78 is 10.5. The molecule has 2 aliphatic heterocycles. The number of nitrogens with two attached hydrogens (primary N) is 1. The fourth-order valence-corrected chi connectivity index (χ4v) is 3.31. The fraction of sp³-hybridized carbons (Fsp3) is 0.529. The Morgan fingerprint density at radius 3 is 2.83 bits per heavy atom. The Morgan fingerprint density at radius 2 is 2.17 bits per heavy atom. The van der Waals surface area contributed by atoms with Gasteiger partial charge in [0.25, 0.3) is 5.91 Å². The molecule has 24 heavy (non-hydrogen) atoms. The summed E-state index contributed by atoms with van der Waals surface area (Å²) in [5, 5.41) is 3.11. The Balaban J connectivity index is 1.77. The second kappa shape index (κ2) is 6.32. The normalized spacial score (nSPS) is 22.8. The first-order chi connectivity index (χ1) is 11.4. The van der Waals surface area contributed by atoms with Crippen LogP contribution in [0.25, 0.3) is 0 Å². The zero-order valence-corrected chi connectivity index (χ0v) is 14.2. The van der Waals surface area contributed by atoms with Gasteiger partial charge in [0.1, 0.15) is 11.8 Å². The van der Waals surface area contributed by atoms with E-state index in [1.807, 2.05) is 19.9 Å². The molecule has 0 aromatic heterocycles. The summed E-state index contributed by atoms with van der Waals surface area (Å²) in [7, 11) is 1.37. The van der Waals surface area contributed by atoms with Gasteiger partial charge in [-0.3, -0.25) is 9.59 Å². The van der Waals surface area contributed by atoms with Crippen molar-refractivity contribution in [3.63, 3.8) is 0 Å². The zero-order valence-electron chi connectivity index (χ0n) is 14.2. The van der Waals surface area contributed by atoms with Gasteiger partial charge in [-0.2, -0.15) is 0 Å². The van der Waals surface area contributed by atoms with Crippen molar-refractivity contribution in [1.29, 1.82) is 0 Å². The summed E-state index contributed by atoms with van der Waals surface area (Å²) in [6.07, 6.45) is 0.565. The van der Waals surface area contributed by atoms with Crippen LogP contribution in [-0.2, 0) is 16.1 Å². The summed E-state index contributed by atoms with van der Waals surface area (Å²) in [5.41, 5.74) is 8.01. The van der Waals surface area contributed by atoms with E-state index in [0.717, 1.165) is 5.56 Å². The molecule has 3 N–H and O–H groups in total. The van der Waals surface area contributed by atoms with Gasteiger partial charge in [-0.05, 0) is 38.0 Å². The number of hydrogen-bond acceptors (Lipinski definition) is 6. The molecule has 7 nitrogen and oxygen atoms in total. The van der Waals surface area contributed by atoms with Gasteiger partial charge in [-0.1, -0.05) is 0 Å². The third kappa shape index (κ3) is 2.91. The van der Waals surface area contributed by atoms with Gasteiger partial charge in [0.15, 0.2) is 0 Å². The van der Waals surface area contributed by atoms with Crippen LogP contribution in [0.4, 0.5) is 5.69 Å². The standard InChI is InChI=1S/C17H23N3O4/c1-9(2)24-15-4-10-8-20(16(21)12(10)6-13(15)18)11-5-14(19-7-11)17(22)23-3/h4,6,9,11,14,19H,5,7-8,18H2,1-3H3/t11-,14+/m1/s1. The monoisotopic (exact) mass is 333 g/mol. The average molecular weight is 333 g/mol. The van der Waals surface area contributed by atoms with Crippen LogP contribution >= 0.6 is 0 Å². The van der Waals surface area contributed by atoms with Crippen molar-refractivity contribution in [3.8, 4) is 5.75 Å². The van der Waals surface area contributed by atoms with Crippen molar-refractivity contribution in [2.75, 3.05) is 19.4 Å². The lowest BCUT2D eigenvalue weighted by atomic mass is 10.1. The average Bonchev–Trinajstić information content (AvgIpc) is 3.13. The molecule has 0 radical (unpaired) electrons. The van der Waals surface area contributed by atoms with Crippen molar-refractivity contribution >= 4 is 17.6 Å². The van der Waals surface area contributed by atoms with Crippen molar-refractivity contribution < 1.29 is 19.1 Å². The molecule has 2 aliphatic rings. The number of amides is 1. The maximum absolute atomic E-state index is 12.7. The third-order valence-electron chi connectivity index (χ3n) is 4.46. The minimum atomic E-state index is -0.360. The molecule has 1 aromatic carbocycles. The van der Waals surface area contributed by atoms with E-state index in [1.54, 1.807) is 11.0 Å². The van der Waals surface area contributed by atoms with Crippen LogP contribution in [0.15, 0.2) is 12.1 Å². The maximum Gasteiger partial charge on any atom is 0.322 e. The summed E-state index contributed by atoms with van der Waals surface area (Å²) in [5.74, 6) is 0.263. The summed E-state index contributed by atoms with van der Waals surface area (Å²) in [4.78, 5) is 26.1. The minimum Gasteiger partial charge on any atom is -0.489 e. The fourth-order valence-electron chi connectivity index (χ4n) is 3.31. The molecule has 1 fully saturated rings. The molecule has 0 aliphatic carbocycles. The quantitative estimate of drug-likeness (QED) is 0.628. The van der Waals surface area contributed by atoms with Crippen molar-refractivity contribution in [2.45, 2.75) is 45.0 Å². The lowest BCUT2D eigenvalue weighted by Crippen LogP contribution is -2.36. The van der Waals surface area contributed by atoms with Crippen molar-refractivity contribution in [1.82, 2.24) is 10.2 Å². The van der Waals surface area contributed by atoms with E-state index in [1.165, 1.54) is 7.11 Å². The van der Waals surface area contributed by atoms with E-state index in [9.17, 15) is 9.59 Å². The minimum absolute atomic E-state index is 0.0124. The van der Waals surface area contributed by atoms with Crippen molar-refractivity contribution in [2.24, 2.45) is 0 Å². The highest BCUT2D eigenvalue weighted by molar-refractivity contribution is 6.00. The predicted octanol–water partition coefficient (Wildman–Crippen LogP) is 0.915. The van der Waals surface area contributed by atoms with Gasteiger partial charge in [0.2, 0.25) is 0 Å². The highest BCUT2D eigenvalue weighted by atomic mass is 16.5. The van der Waals surface area contributed by atoms with Crippen LogP contribution in [0, 0.1) is 0 Å². The number of fused-ring (bicyclic) bond motifs is 1. The molecule has 3 rings (SSSR count). The number of methoxy groups -OCH3 is 1. The second-order valence-electron chi connectivity index (χ2n) is 6.52. The Kier molecular flexibility index (Phi) is 4.36. The van der Waals surface area contributed by atoms with E-state index in [0.29, 0.717) is 36.5 Å². The molecule has 1 aromatic rings. The number of esters is 1. The number of hydrogen-bond donors (Lipinski definition) is 2. The predicted molar refractivity (Wildman–Crippen MR) is 88.7 cm³/mol. The molecule has 2 heterocycles. The van der Waals surface area contributed by atoms with Crippen LogP contribution in [0.1, 0.15) is 36.2 Å². The molecular weight excluding hydrogens is 310 g/mol. The topological polar surface area (TPSA) is 93.9 Å². The number of anilines is 1. The number of carbonyl (C=O) groups excluding carboxylic acids is 2. The lowest BCUT2D eigenvalue weighted by Gasteiger charge is -2.22. The van der Waals surface area contributed by atoms with Gasteiger partial charge in [-0.15, -0.1) is 0 Å². The van der Waals surface area contributed by atoms with Crippen LogP contribution in [0.3, 0.4) is 0 Å².